The highest BCUT2D eigenvalue weighted by atomic mass is 32.2. The third-order valence-corrected chi connectivity index (χ3v) is 3.44. The molecule has 2 radical (unpaired) electrons. The van der Waals surface area contributed by atoms with Crippen molar-refractivity contribution in [3.8, 4) is 0 Å². The third kappa shape index (κ3) is 1.82. The van der Waals surface area contributed by atoms with E-state index in [4.69, 9.17) is 13.0 Å². The van der Waals surface area contributed by atoms with E-state index in [0.717, 1.165) is 0 Å². The average Bonchev–Trinajstić information content (AvgIpc) is 2.24. The first-order valence-corrected chi connectivity index (χ1v) is 4.77. The van der Waals surface area contributed by atoms with Crippen LogP contribution in [0.2, 0.25) is 0 Å². The number of carbonyl (C=O) groups excluding carboxylic acids is 1. The molecular weight excluding hydrogens is 189 g/mol. The number of thioether (sulfide) groups is 1. The molecule has 0 aromatic rings. The van der Waals surface area contributed by atoms with Crippen molar-refractivity contribution in [3.05, 3.63) is 0 Å². The first-order valence-electron chi connectivity index (χ1n) is 3.79. The number of nitrogens with zero attached hydrogens (tertiary/aromatic N) is 1. The van der Waals surface area contributed by atoms with Crippen molar-refractivity contribution in [2.45, 2.75) is 24.6 Å². The summed E-state index contributed by atoms with van der Waals surface area (Å²) in [6.45, 7) is 3.58. The van der Waals surface area contributed by atoms with Crippen molar-refractivity contribution in [2.24, 2.45) is 0 Å². The van der Waals surface area contributed by atoms with Crippen molar-refractivity contribution < 1.29 is 14.7 Å². The van der Waals surface area contributed by atoms with E-state index in [1.54, 1.807) is 13.8 Å². The lowest BCUT2D eigenvalue weighted by molar-refractivity contribution is -0.142. The van der Waals surface area contributed by atoms with Crippen molar-refractivity contribution in [2.75, 3.05) is 5.88 Å². The molecule has 1 N–H and O–H groups in total. The van der Waals surface area contributed by atoms with Crippen LogP contribution in [0.4, 0.5) is 4.79 Å². The van der Waals surface area contributed by atoms with Gasteiger partial charge in [-0.3, -0.25) is 4.79 Å². The molecule has 0 aliphatic carbocycles. The van der Waals surface area contributed by atoms with Crippen LogP contribution < -0.4 is 0 Å². The zero-order valence-corrected chi connectivity index (χ0v) is 8.30. The van der Waals surface area contributed by atoms with E-state index in [1.165, 1.54) is 16.7 Å². The summed E-state index contributed by atoms with van der Waals surface area (Å²) in [5.74, 6) is -1.33. The number of amides is 1. The largest absolute Gasteiger partial charge is 0.480 e. The number of rotatable bonds is 1. The molecule has 13 heavy (non-hydrogen) atoms. The molecule has 1 heterocycles. The van der Waals surface area contributed by atoms with E-state index in [9.17, 15) is 9.59 Å². The molecule has 0 unspecified atom stereocenters. The molecule has 0 saturated carbocycles. The Kier molecular flexibility index (Phi) is 2.61. The van der Waals surface area contributed by atoms with E-state index in [2.05, 4.69) is 0 Å². The monoisotopic (exact) mass is 199 g/mol. The van der Waals surface area contributed by atoms with Crippen LogP contribution in [-0.4, -0.2) is 46.3 Å². The second-order valence-corrected chi connectivity index (χ2v) is 5.02. The van der Waals surface area contributed by atoms with Gasteiger partial charge < -0.3 is 10.0 Å². The SMILES string of the molecule is [B]C(=O)N1CSC(C)(C)[C@@H]1C(=O)O. The van der Waals surface area contributed by atoms with Gasteiger partial charge in [-0.2, -0.15) is 0 Å². The van der Waals surface area contributed by atoms with Crippen LogP contribution in [0.25, 0.3) is 0 Å². The van der Waals surface area contributed by atoms with Gasteiger partial charge in [0.25, 0.3) is 0 Å². The highest BCUT2D eigenvalue weighted by molar-refractivity contribution is 8.00. The Balaban J connectivity index is 2.92. The number of carbonyl (C=O) groups is 2. The molecule has 0 bridgehead atoms. The van der Waals surface area contributed by atoms with E-state index in [0.29, 0.717) is 5.88 Å². The van der Waals surface area contributed by atoms with Gasteiger partial charge in [-0.25, -0.2) is 4.79 Å². The molecule has 1 aliphatic heterocycles. The second-order valence-electron chi connectivity index (χ2n) is 3.43. The maximum Gasteiger partial charge on any atom is 0.327 e. The Morgan fingerprint density at radius 1 is 1.62 bits per heavy atom. The second kappa shape index (κ2) is 3.25. The van der Waals surface area contributed by atoms with Gasteiger partial charge in [-0.05, 0) is 13.8 Å². The summed E-state index contributed by atoms with van der Waals surface area (Å²) in [6.07, 6.45) is 0. The van der Waals surface area contributed by atoms with Crippen molar-refractivity contribution in [3.63, 3.8) is 0 Å². The van der Waals surface area contributed by atoms with Crippen molar-refractivity contribution >= 4 is 31.4 Å². The van der Waals surface area contributed by atoms with Gasteiger partial charge in [0.15, 0.2) is 5.81 Å². The molecule has 0 aromatic heterocycles. The minimum atomic E-state index is -1.01. The Hall–Kier alpha value is -0.645. The van der Waals surface area contributed by atoms with Crippen molar-refractivity contribution in [1.29, 1.82) is 0 Å². The number of aliphatic carboxylic acids is 1. The molecule has 0 spiro atoms. The molecule has 6 heteroatoms. The molecular formula is C7H10BNO3S. The number of carboxylic acid groups (broad SMARTS) is 1. The van der Waals surface area contributed by atoms with Crippen LogP contribution in [0, 0.1) is 0 Å². The van der Waals surface area contributed by atoms with Crippen LogP contribution in [0.3, 0.4) is 0 Å². The third-order valence-electron chi connectivity index (χ3n) is 2.06. The molecule has 1 rings (SSSR count). The fourth-order valence-corrected chi connectivity index (χ4v) is 2.52. The summed E-state index contributed by atoms with van der Waals surface area (Å²) in [5.41, 5.74) is 0. The number of hydrogen-bond donors (Lipinski definition) is 1. The Labute approximate surface area is 82.1 Å². The fourth-order valence-electron chi connectivity index (χ4n) is 1.39. The Morgan fingerprint density at radius 2 is 2.15 bits per heavy atom. The maximum atomic E-state index is 10.9. The topological polar surface area (TPSA) is 57.6 Å². The molecule has 1 fully saturated rings. The van der Waals surface area contributed by atoms with Gasteiger partial charge in [0.2, 0.25) is 7.85 Å². The van der Waals surface area contributed by atoms with Crippen LogP contribution >= 0.6 is 11.8 Å². The molecule has 1 aliphatic rings. The standard InChI is InChI=1S/C7H10BNO3S/c1-7(2)4(5(10)11)9(3-13-7)6(8)12/h4H,3H2,1-2H3,(H,10,11)/t4-/m0/s1. The van der Waals surface area contributed by atoms with Gasteiger partial charge in [0.1, 0.15) is 6.04 Å². The predicted octanol–water partition coefficient (Wildman–Crippen LogP) is 0.513. The minimum Gasteiger partial charge on any atom is -0.480 e. The molecule has 70 valence electrons. The number of hydrogen-bond acceptors (Lipinski definition) is 3. The summed E-state index contributed by atoms with van der Waals surface area (Å²) in [7, 11) is 5.06. The summed E-state index contributed by atoms with van der Waals surface area (Å²) >= 11 is 1.42. The van der Waals surface area contributed by atoms with Gasteiger partial charge in [0.05, 0.1) is 5.88 Å². The van der Waals surface area contributed by atoms with Crippen LogP contribution in [-0.2, 0) is 4.79 Å². The lowest BCUT2D eigenvalue weighted by Crippen LogP contribution is -2.48. The zero-order valence-electron chi connectivity index (χ0n) is 7.48. The molecule has 1 amide bonds. The highest BCUT2D eigenvalue weighted by Crippen LogP contribution is 2.39. The summed E-state index contributed by atoms with van der Waals surface area (Å²) in [5, 5.41) is 8.91. The normalized spacial score (nSPS) is 26.0. The molecule has 0 aromatic carbocycles. The van der Waals surface area contributed by atoms with Gasteiger partial charge in [-0.15, -0.1) is 11.8 Å². The quantitative estimate of drug-likeness (QED) is 0.625. The minimum absolute atomic E-state index is 0.347. The van der Waals surface area contributed by atoms with Crippen LogP contribution in [0.15, 0.2) is 0 Å². The summed E-state index contributed by atoms with van der Waals surface area (Å²) in [6, 6.07) is -0.824. The zero-order chi connectivity index (χ0) is 10.2. The first-order chi connectivity index (χ1) is 5.86. The summed E-state index contributed by atoms with van der Waals surface area (Å²) < 4.78 is -0.471. The Bertz CT molecular complexity index is 256. The maximum absolute atomic E-state index is 10.9. The van der Waals surface area contributed by atoms with Crippen molar-refractivity contribution in [1.82, 2.24) is 4.90 Å². The lowest BCUT2D eigenvalue weighted by Gasteiger charge is -2.27. The van der Waals surface area contributed by atoms with Gasteiger partial charge in [0, 0.05) is 4.75 Å². The van der Waals surface area contributed by atoms with Gasteiger partial charge in [-0.1, -0.05) is 0 Å². The summed E-state index contributed by atoms with van der Waals surface area (Å²) in [4.78, 5) is 22.9. The molecule has 1 saturated heterocycles. The van der Waals surface area contributed by atoms with E-state index in [-0.39, 0.29) is 0 Å². The van der Waals surface area contributed by atoms with E-state index in [1.807, 2.05) is 0 Å². The van der Waals surface area contributed by atoms with E-state index < -0.39 is 22.6 Å². The van der Waals surface area contributed by atoms with Gasteiger partial charge >= 0.3 is 5.97 Å². The smallest absolute Gasteiger partial charge is 0.327 e. The Morgan fingerprint density at radius 3 is 2.46 bits per heavy atom. The molecule has 4 nitrogen and oxygen atoms in total. The average molecular weight is 199 g/mol. The predicted molar refractivity (Wildman–Crippen MR) is 50.9 cm³/mol. The number of carboxylic acids is 1. The van der Waals surface area contributed by atoms with E-state index >= 15 is 0 Å². The lowest BCUT2D eigenvalue weighted by atomic mass is 9.99. The molecule has 1 atom stereocenters. The highest BCUT2D eigenvalue weighted by Gasteiger charge is 2.46. The first kappa shape index (κ1) is 10.4. The van der Waals surface area contributed by atoms with Crippen LogP contribution in [0.1, 0.15) is 13.8 Å². The fraction of sp³-hybridized carbons (Fsp3) is 0.714. The van der Waals surface area contributed by atoms with Crippen LogP contribution in [0.5, 0.6) is 0 Å².